The van der Waals surface area contributed by atoms with Crippen molar-refractivity contribution in [2.24, 2.45) is 5.84 Å². The SMILES string of the molecule is NNC(=O)c1ccc(OCCn2ccccc2=O)cc1. The third kappa shape index (κ3) is 3.46. The Morgan fingerprint density at radius 2 is 1.95 bits per heavy atom. The average Bonchev–Trinajstić information content (AvgIpc) is 2.49. The summed E-state index contributed by atoms with van der Waals surface area (Å²) >= 11 is 0. The smallest absolute Gasteiger partial charge is 0.265 e. The molecule has 0 aliphatic rings. The predicted molar refractivity (Wildman–Crippen MR) is 74.3 cm³/mol. The first-order valence-corrected chi connectivity index (χ1v) is 6.10. The van der Waals surface area contributed by atoms with Gasteiger partial charge in [-0.3, -0.25) is 15.0 Å². The topological polar surface area (TPSA) is 86.3 Å². The molecule has 20 heavy (non-hydrogen) atoms. The first kappa shape index (κ1) is 13.8. The molecule has 0 atom stereocenters. The van der Waals surface area contributed by atoms with Gasteiger partial charge in [0.25, 0.3) is 11.5 Å². The summed E-state index contributed by atoms with van der Waals surface area (Å²) in [6, 6.07) is 11.6. The van der Waals surface area contributed by atoms with Crippen LogP contribution < -0.4 is 21.6 Å². The highest BCUT2D eigenvalue weighted by Crippen LogP contribution is 2.11. The fraction of sp³-hybridized carbons (Fsp3) is 0.143. The van der Waals surface area contributed by atoms with E-state index in [4.69, 9.17) is 10.6 Å². The molecule has 2 rings (SSSR count). The van der Waals surface area contributed by atoms with Crippen molar-refractivity contribution in [3.05, 3.63) is 64.6 Å². The molecule has 0 radical (unpaired) electrons. The van der Waals surface area contributed by atoms with Crippen LogP contribution in [0.25, 0.3) is 0 Å². The largest absolute Gasteiger partial charge is 0.492 e. The van der Waals surface area contributed by atoms with Crippen molar-refractivity contribution in [2.45, 2.75) is 6.54 Å². The van der Waals surface area contributed by atoms with Gasteiger partial charge in [0.05, 0.1) is 6.54 Å². The molecule has 1 heterocycles. The van der Waals surface area contributed by atoms with Crippen molar-refractivity contribution in [1.82, 2.24) is 9.99 Å². The Labute approximate surface area is 115 Å². The fourth-order valence-corrected chi connectivity index (χ4v) is 1.69. The fourth-order valence-electron chi connectivity index (χ4n) is 1.69. The summed E-state index contributed by atoms with van der Waals surface area (Å²) in [5, 5.41) is 0. The highest BCUT2D eigenvalue weighted by molar-refractivity contribution is 5.93. The second-order valence-electron chi connectivity index (χ2n) is 4.08. The van der Waals surface area contributed by atoms with Crippen molar-refractivity contribution >= 4 is 5.91 Å². The highest BCUT2D eigenvalue weighted by Gasteiger charge is 2.03. The van der Waals surface area contributed by atoms with Gasteiger partial charge in [-0.2, -0.15) is 0 Å². The van der Waals surface area contributed by atoms with E-state index in [2.05, 4.69) is 5.43 Å². The number of amides is 1. The molecule has 0 spiro atoms. The van der Waals surface area contributed by atoms with E-state index in [1.54, 1.807) is 47.2 Å². The van der Waals surface area contributed by atoms with Gasteiger partial charge in [-0.1, -0.05) is 6.07 Å². The number of carbonyl (C=O) groups is 1. The number of nitrogens with zero attached hydrogens (tertiary/aromatic N) is 1. The molecule has 6 nitrogen and oxygen atoms in total. The van der Waals surface area contributed by atoms with E-state index in [0.717, 1.165) is 0 Å². The molecule has 1 amide bonds. The monoisotopic (exact) mass is 273 g/mol. The van der Waals surface area contributed by atoms with Gasteiger partial charge in [-0.05, 0) is 30.3 Å². The summed E-state index contributed by atoms with van der Waals surface area (Å²) in [6.45, 7) is 0.830. The summed E-state index contributed by atoms with van der Waals surface area (Å²) in [4.78, 5) is 22.7. The van der Waals surface area contributed by atoms with Crippen LogP contribution in [0.1, 0.15) is 10.4 Å². The van der Waals surface area contributed by atoms with Crippen molar-refractivity contribution < 1.29 is 9.53 Å². The van der Waals surface area contributed by atoms with Crippen molar-refractivity contribution in [3.63, 3.8) is 0 Å². The zero-order chi connectivity index (χ0) is 14.4. The molecule has 3 N–H and O–H groups in total. The lowest BCUT2D eigenvalue weighted by Gasteiger charge is -2.08. The molecule has 1 aromatic carbocycles. The van der Waals surface area contributed by atoms with Gasteiger partial charge in [0, 0.05) is 17.8 Å². The van der Waals surface area contributed by atoms with Gasteiger partial charge in [-0.25, -0.2) is 5.84 Å². The van der Waals surface area contributed by atoms with Gasteiger partial charge in [0.15, 0.2) is 0 Å². The van der Waals surface area contributed by atoms with Gasteiger partial charge in [0.1, 0.15) is 12.4 Å². The highest BCUT2D eigenvalue weighted by atomic mass is 16.5. The van der Waals surface area contributed by atoms with Crippen LogP contribution in [-0.4, -0.2) is 17.1 Å². The average molecular weight is 273 g/mol. The number of benzene rings is 1. The number of pyridine rings is 1. The molecule has 0 aliphatic carbocycles. The third-order valence-electron chi connectivity index (χ3n) is 2.75. The number of nitrogen functional groups attached to an aromatic ring is 1. The first-order valence-electron chi connectivity index (χ1n) is 6.10. The van der Waals surface area contributed by atoms with Crippen LogP contribution in [0, 0.1) is 0 Å². The Morgan fingerprint density at radius 3 is 2.60 bits per heavy atom. The van der Waals surface area contributed by atoms with Crippen LogP contribution in [0.15, 0.2) is 53.5 Å². The Balaban J connectivity index is 1.90. The molecular formula is C14H15N3O3. The molecule has 1 aromatic heterocycles. The minimum Gasteiger partial charge on any atom is -0.492 e. The van der Waals surface area contributed by atoms with E-state index < -0.39 is 0 Å². The first-order chi connectivity index (χ1) is 9.70. The molecule has 0 bridgehead atoms. The number of aromatic nitrogens is 1. The number of hydrogen-bond donors (Lipinski definition) is 2. The predicted octanol–water partition coefficient (Wildman–Crippen LogP) is 0.531. The third-order valence-corrected chi connectivity index (χ3v) is 2.75. The summed E-state index contributed by atoms with van der Waals surface area (Å²) < 4.78 is 7.08. The quantitative estimate of drug-likeness (QED) is 0.472. The number of ether oxygens (including phenoxy) is 1. The van der Waals surface area contributed by atoms with Crippen molar-refractivity contribution in [3.8, 4) is 5.75 Å². The van der Waals surface area contributed by atoms with Gasteiger partial charge in [0.2, 0.25) is 0 Å². The Kier molecular flexibility index (Phi) is 4.52. The van der Waals surface area contributed by atoms with E-state index in [1.165, 1.54) is 6.07 Å². The van der Waals surface area contributed by atoms with Crippen LogP contribution in [0.2, 0.25) is 0 Å². The maximum absolute atomic E-state index is 11.5. The van der Waals surface area contributed by atoms with Gasteiger partial charge >= 0.3 is 0 Å². The number of carbonyl (C=O) groups excluding carboxylic acids is 1. The van der Waals surface area contributed by atoms with Gasteiger partial charge < -0.3 is 9.30 Å². The minimum absolute atomic E-state index is 0.0638. The second kappa shape index (κ2) is 6.53. The maximum Gasteiger partial charge on any atom is 0.265 e. The Morgan fingerprint density at radius 1 is 1.20 bits per heavy atom. The lowest BCUT2D eigenvalue weighted by molar-refractivity contribution is 0.0953. The van der Waals surface area contributed by atoms with E-state index >= 15 is 0 Å². The Bertz CT molecular complexity index is 635. The Hall–Kier alpha value is -2.60. The normalized spacial score (nSPS) is 10.1. The maximum atomic E-state index is 11.5. The molecule has 6 heteroatoms. The molecular weight excluding hydrogens is 258 g/mol. The van der Waals surface area contributed by atoms with Gasteiger partial charge in [-0.15, -0.1) is 0 Å². The number of nitrogens with two attached hydrogens (primary N) is 1. The van der Waals surface area contributed by atoms with E-state index in [-0.39, 0.29) is 11.5 Å². The van der Waals surface area contributed by atoms with E-state index in [0.29, 0.717) is 24.5 Å². The number of hydrazine groups is 1. The molecule has 0 saturated heterocycles. The molecule has 0 aliphatic heterocycles. The summed E-state index contributed by atoms with van der Waals surface area (Å²) in [6.07, 6.45) is 1.71. The molecule has 2 aromatic rings. The van der Waals surface area contributed by atoms with Crippen molar-refractivity contribution in [1.29, 1.82) is 0 Å². The summed E-state index contributed by atoms with van der Waals surface area (Å²) in [5.74, 6) is 5.31. The van der Waals surface area contributed by atoms with Crippen LogP contribution in [-0.2, 0) is 6.54 Å². The van der Waals surface area contributed by atoms with Crippen LogP contribution in [0.4, 0.5) is 0 Å². The van der Waals surface area contributed by atoms with E-state index in [9.17, 15) is 9.59 Å². The summed E-state index contributed by atoms with van der Waals surface area (Å²) in [5.41, 5.74) is 2.45. The number of rotatable bonds is 5. The van der Waals surface area contributed by atoms with Crippen LogP contribution in [0.5, 0.6) is 5.75 Å². The molecule has 0 unspecified atom stereocenters. The minimum atomic E-state index is -0.354. The van der Waals surface area contributed by atoms with E-state index in [1.807, 2.05) is 0 Å². The standard InChI is InChI=1S/C14H15N3O3/c15-16-14(19)11-4-6-12(7-5-11)20-10-9-17-8-2-1-3-13(17)18/h1-8H,9-10,15H2,(H,16,19). The van der Waals surface area contributed by atoms with Crippen LogP contribution >= 0.6 is 0 Å². The summed E-state index contributed by atoms with van der Waals surface area (Å²) in [7, 11) is 0. The number of nitrogens with one attached hydrogen (secondary N) is 1. The lowest BCUT2D eigenvalue weighted by Crippen LogP contribution is -2.29. The zero-order valence-electron chi connectivity index (χ0n) is 10.8. The van der Waals surface area contributed by atoms with Crippen LogP contribution in [0.3, 0.4) is 0 Å². The number of hydrogen-bond acceptors (Lipinski definition) is 4. The second-order valence-corrected chi connectivity index (χ2v) is 4.08. The zero-order valence-corrected chi connectivity index (χ0v) is 10.8. The molecule has 104 valence electrons. The van der Waals surface area contributed by atoms with Crippen molar-refractivity contribution in [2.75, 3.05) is 6.61 Å². The molecule has 0 fully saturated rings. The lowest BCUT2D eigenvalue weighted by atomic mass is 10.2. The molecule has 0 saturated carbocycles.